The van der Waals surface area contributed by atoms with Crippen molar-refractivity contribution in [1.82, 2.24) is 0 Å². The molecule has 3 heteroatoms. The van der Waals surface area contributed by atoms with Crippen molar-refractivity contribution >= 4 is 32.4 Å². The molecule has 0 atom stereocenters. The van der Waals surface area contributed by atoms with Crippen LogP contribution in [0.4, 0.5) is 0 Å². The molecular weight excluding hydrogens is 208 g/mol. The fourth-order valence-electron chi connectivity index (χ4n) is 1.86. The molecule has 0 bridgehead atoms. The first kappa shape index (κ1) is 8.68. The average Bonchev–Trinajstić information content (AvgIpc) is 2.63. The van der Waals surface area contributed by atoms with Gasteiger partial charge >= 0.3 is 5.63 Å². The van der Waals surface area contributed by atoms with Gasteiger partial charge in [0, 0.05) is 16.2 Å². The summed E-state index contributed by atoms with van der Waals surface area (Å²) in [6, 6.07) is 7.46. The second-order valence-electron chi connectivity index (χ2n) is 3.53. The summed E-state index contributed by atoms with van der Waals surface area (Å²) < 4.78 is 6.36. The molecule has 0 spiro atoms. The fraction of sp³-hybridized carbons (Fsp3) is 0.0833. The predicted octanol–water partition coefficient (Wildman–Crippen LogP) is 3.32. The summed E-state index contributed by atoms with van der Waals surface area (Å²) in [6.45, 7) is 1.94. The number of thiophene rings is 1. The number of aryl methyl sites for hydroxylation is 1. The monoisotopic (exact) mass is 216 g/mol. The molecule has 0 fully saturated rings. The molecular formula is C12H8O2S. The number of fused-ring (bicyclic) bond motifs is 3. The number of benzene rings is 1. The lowest BCUT2D eigenvalue weighted by molar-refractivity contribution is 0.560. The van der Waals surface area contributed by atoms with Gasteiger partial charge in [-0.05, 0) is 41.5 Å². The maximum atomic E-state index is 11.2. The minimum atomic E-state index is -0.282. The molecule has 0 unspecified atom stereocenters. The molecule has 3 aromatic rings. The van der Waals surface area contributed by atoms with Gasteiger partial charge in [0.2, 0.25) is 0 Å². The van der Waals surface area contributed by atoms with Gasteiger partial charge in [-0.3, -0.25) is 0 Å². The van der Waals surface area contributed by atoms with Gasteiger partial charge in [0.05, 0.1) is 0 Å². The zero-order valence-corrected chi connectivity index (χ0v) is 8.93. The highest BCUT2D eigenvalue weighted by molar-refractivity contribution is 7.18. The van der Waals surface area contributed by atoms with Gasteiger partial charge in [-0.25, -0.2) is 4.79 Å². The smallest absolute Gasteiger partial charge is 0.336 e. The molecule has 0 aliphatic rings. The minimum absolute atomic E-state index is 0.282. The summed E-state index contributed by atoms with van der Waals surface area (Å²) in [5.41, 5.74) is 1.38. The van der Waals surface area contributed by atoms with Crippen molar-refractivity contribution in [1.29, 1.82) is 0 Å². The van der Waals surface area contributed by atoms with Gasteiger partial charge in [0.25, 0.3) is 0 Å². The summed E-state index contributed by atoms with van der Waals surface area (Å²) in [6.07, 6.45) is 0. The highest BCUT2D eigenvalue weighted by atomic mass is 32.1. The van der Waals surface area contributed by atoms with Gasteiger partial charge < -0.3 is 4.42 Å². The van der Waals surface area contributed by atoms with Gasteiger partial charge in [-0.2, -0.15) is 0 Å². The number of hydrogen-bond donors (Lipinski definition) is 0. The highest BCUT2D eigenvalue weighted by Crippen LogP contribution is 2.30. The van der Waals surface area contributed by atoms with Crippen molar-refractivity contribution in [3.8, 4) is 0 Å². The van der Waals surface area contributed by atoms with E-state index in [0.717, 1.165) is 10.9 Å². The molecule has 74 valence electrons. The topological polar surface area (TPSA) is 30.2 Å². The highest BCUT2D eigenvalue weighted by Gasteiger charge is 2.07. The molecule has 2 aromatic heterocycles. The van der Waals surface area contributed by atoms with Crippen LogP contribution in [0.5, 0.6) is 0 Å². The summed E-state index contributed by atoms with van der Waals surface area (Å²) in [7, 11) is 0. The van der Waals surface area contributed by atoms with Crippen LogP contribution < -0.4 is 5.63 Å². The van der Waals surface area contributed by atoms with E-state index in [-0.39, 0.29) is 5.63 Å². The Balaban J connectivity index is 2.68. The van der Waals surface area contributed by atoms with Crippen molar-refractivity contribution in [3.05, 3.63) is 45.6 Å². The maximum absolute atomic E-state index is 11.2. The minimum Gasteiger partial charge on any atom is -0.423 e. The van der Waals surface area contributed by atoms with Crippen LogP contribution in [0, 0.1) is 6.92 Å². The quantitative estimate of drug-likeness (QED) is 0.539. The van der Waals surface area contributed by atoms with Crippen LogP contribution in [0.2, 0.25) is 0 Å². The van der Waals surface area contributed by atoms with Crippen molar-refractivity contribution < 1.29 is 4.42 Å². The molecule has 0 aliphatic carbocycles. The van der Waals surface area contributed by atoms with E-state index in [9.17, 15) is 4.79 Å². The second-order valence-corrected chi connectivity index (χ2v) is 4.44. The first-order chi connectivity index (χ1) is 7.25. The zero-order chi connectivity index (χ0) is 10.4. The normalized spacial score (nSPS) is 11.3. The largest absolute Gasteiger partial charge is 0.423 e. The van der Waals surface area contributed by atoms with Crippen LogP contribution in [-0.4, -0.2) is 0 Å². The first-order valence-electron chi connectivity index (χ1n) is 4.66. The van der Waals surface area contributed by atoms with Crippen LogP contribution in [0.15, 0.2) is 38.9 Å². The third kappa shape index (κ3) is 1.20. The summed E-state index contributed by atoms with van der Waals surface area (Å²) >= 11 is 1.67. The van der Waals surface area contributed by atoms with E-state index < -0.39 is 0 Å². The van der Waals surface area contributed by atoms with Crippen LogP contribution in [-0.2, 0) is 0 Å². The Kier molecular flexibility index (Phi) is 1.70. The van der Waals surface area contributed by atoms with Crippen molar-refractivity contribution in [2.24, 2.45) is 0 Å². The second kappa shape index (κ2) is 2.94. The van der Waals surface area contributed by atoms with Crippen molar-refractivity contribution in [2.45, 2.75) is 6.92 Å². The Hall–Kier alpha value is -1.61. The molecule has 2 heterocycles. The molecule has 15 heavy (non-hydrogen) atoms. The Morgan fingerprint density at radius 1 is 1.27 bits per heavy atom. The molecule has 0 saturated heterocycles. The van der Waals surface area contributed by atoms with E-state index in [1.165, 1.54) is 10.1 Å². The lowest BCUT2D eigenvalue weighted by atomic mass is 10.1. The Morgan fingerprint density at radius 3 is 3.00 bits per heavy atom. The van der Waals surface area contributed by atoms with Crippen molar-refractivity contribution in [3.63, 3.8) is 0 Å². The lowest BCUT2D eigenvalue weighted by Gasteiger charge is -2.00. The Labute approximate surface area is 89.8 Å². The van der Waals surface area contributed by atoms with Crippen LogP contribution in [0.25, 0.3) is 21.1 Å². The third-order valence-electron chi connectivity index (χ3n) is 2.52. The van der Waals surface area contributed by atoms with Gasteiger partial charge in [0.1, 0.15) is 5.58 Å². The summed E-state index contributed by atoms with van der Waals surface area (Å²) in [5.74, 6) is 0. The zero-order valence-electron chi connectivity index (χ0n) is 8.11. The molecule has 0 saturated carbocycles. The van der Waals surface area contributed by atoms with E-state index in [4.69, 9.17) is 4.42 Å². The fourth-order valence-corrected chi connectivity index (χ4v) is 2.86. The van der Waals surface area contributed by atoms with E-state index in [0.29, 0.717) is 5.58 Å². The SMILES string of the molecule is Cc1cc(=O)oc2ccc3ccsc3c12. The molecule has 0 aliphatic heterocycles. The lowest BCUT2D eigenvalue weighted by Crippen LogP contribution is -1.97. The van der Waals surface area contributed by atoms with Crippen molar-refractivity contribution in [2.75, 3.05) is 0 Å². The van der Waals surface area contributed by atoms with Crippen LogP contribution in [0.1, 0.15) is 5.56 Å². The molecule has 0 amide bonds. The predicted molar refractivity (Wildman–Crippen MR) is 62.6 cm³/mol. The Bertz CT molecular complexity index is 706. The summed E-state index contributed by atoms with van der Waals surface area (Å²) in [4.78, 5) is 11.2. The average molecular weight is 216 g/mol. The van der Waals surface area contributed by atoms with Gasteiger partial charge in [-0.15, -0.1) is 11.3 Å². The number of hydrogen-bond acceptors (Lipinski definition) is 3. The van der Waals surface area contributed by atoms with E-state index in [2.05, 4.69) is 11.4 Å². The van der Waals surface area contributed by atoms with Gasteiger partial charge in [0.15, 0.2) is 0 Å². The van der Waals surface area contributed by atoms with Gasteiger partial charge in [-0.1, -0.05) is 0 Å². The van der Waals surface area contributed by atoms with E-state index in [1.807, 2.05) is 19.1 Å². The maximum Gasteiger partial charge on any atom is 0.336 e. The van der Waals surface area contributed by atoms with Crippen LogP contribution in [0.3, 0.4) is 0 Å². The standard InChI is InChI=1S/C12H8O2S/c1-7-6-10(13)14-9-3-2-8-4-5-15-12(8)11(7)9/h2-6H,1H3. The van der Waals surface area contributed by atoms with E-state index >= 15 is 0 Å². The molecule has 0 N–H and O–H groups in total. The number of rotatable bonds is 0. The molecule has 2 nitrogen and oxygen atoms in total. The molecule has 1 aromatic carbocycles. The Morgan fingerprint density at radius 2 is 2.13 bits per heavy atom. The van der Waals surface area contributed by atoms with E-state index in [1.54, 1.807) is 17.4 Å². The van der Waals surface area contributed by atoms with Crippen LogP contribution >= 0.6 is 11.3 Å². The molecule has 0 radical (unpaired) electrons. The third-order valence-corrected chi connectivity index (χ3v) is 3.47. The summed E-state index contributed by atoms with van der Waals surface area (Å²) in [5, 5.41) is 4.31. The molecule has 3 rings (SSSR count). The first-order valence-corrected chi connectivity index (χ1v) is 5.54.